The average molecular weight is 467 g/mol. The molecule has 0 heterocycles. The van der Waals surface area contributed by atoms with Gasteiger partial charge in [-0.3, -0.25) is 0 Å². The molecule has 6 nitrogen and oxygen atoms in total. The fourth-order valence-corrected chi connectivity index (χ4v) is 3.58. The van der Waals surface area contributed by atoms with Gasteiger partial charge in [0.25, 0.3) is 0 Å². The van der Waals surface area contributed by atoms with E-state index in [4.69, 9.17) is 18.1 Å². The third-order valence-corrected chi connectivity index (χ3v) is 5.15. The SMILES string of the molecule is O=[P+](Oc1ccccc1)Oc1ccccc1.OP(Oc1ccccc1)Oc1ccccc1. The molecule has 0 spiro atoms. The van der Waals surface area contributed by atoms with Crippen LogP contribution in [0.1, 0.15) is 0 Å². The lowest BCUT2D eigenvalue weighted by Crippen LogP contribution is -1.93. The first-order valence-electron chi connectivity index (χ1n) is 9.57. The molecule has 0 aliphatic carbocycles. The van der Waals surface area contributed by atoms with Crippen LogP contribution in [-0.2, 0) is 4.57 Å². The largest absolute Gasteiger partial charge is 0.805 e. The highest BCUT2D eigenvalue weighted by Crippen LogP contribution is 2.36. The van der Waals surface area contributed by atoms with Gasteiger partial charge in [0.2, 0.25) is 0 Å². The predicted octanol–water partition coefficient (Wildman–Crippen LogP) is 7.17. The highest BCUT2D eigenvalue weighted by atomic mass is 31.2. The Morgan fingerprint density at radius 2 is 0.781 bits per heavy atom. The number of hydrogen-bond donors (Lipinski definition) is 1. The number of para-hydroxylation sites is 4. The Kier molecular flexibility index (Phi) is 9.50. The molecule has 0 aliphatic heterocycles. The third kappa shape index (κ3) is 8.75. The van der Waals surface area contributed by atoms with E-state index in [1.54, 1.807) is 72.8 Å². The number of rotatable bonds is 8. The molecule has 4 aromatic rings. The summed E-state index contributed by atoms with van der Waals surface area (Å²) in [7, 11) is -4.12. The molecule has 1 N–H and O–H groups in total. The molecule has 0 bridgehead atoms. The van der Waals surface area contributed by atoms with Crippen LogP contribution in [0.4, 0.5) is 0 Å². The quantitative estimate of drug-likeness (QED) is 0.277. The van der Waals surface area contributed by atoms with Gasteiger partial charge in [0.1, 0.15) is 11.5 Å². The van der Waals surface area contributed by atoms with Crippen molar-refractivity contribution in [3.63, 3.8) is 0 Å². The fourth-order valence-electron chi connectivity index (χ4n) is 2.32. The summed E-state index contributed by atoms with van der Waals surface area (Å²) in [6, 6.07) is 36.0. The fraction of sp³-hybridized carbons (Fsp3) is 0. The van der Waals surface area contributed by atoms with E-state index in [-0.39, 0.29) is 0 Å². The van der Waals surface area contributed by atoms with Gasteiger partial charge in [-0.05, 0) is 48.5 Å². The Morgan fingerprint density at radius 3 is 1.09 bits per heavy atom. The van der Waals surface area contributed by atoms with E-state index in [0.717, 1.165) is 0 Å². The summed E-state index contributed by atoms with van der Waals surface area (Å²) in [5.41, 5.74) is 0. The zero-order valence-electron chi connectivity index (χ0n) is 16.9. The van der Waals surface area contributed by atoms with Crippen LogP contribution in [0.5, 0.6) is 23.0 Å². The van der Waals surface area contributed by atoms with Crippen LogP contribution in [0.25, 0.3) is 0 Å². The van der Waals surface area contributed by atoms with Crippen molar-refractivity contribution >= 4 is 16.9 Å². The zero-order chi connectivity index (χ0) is 22.4. The summed E-state index contributed by atoms with van der Waals surface area (Å²) in [5.74, 6) is 2.23. The molecule has 0 saturated carbocycles. The normalized spacial score (nSPS) is 9.81. The molecular weight excluding hydrogens is 446 g/mol. The molecule has 0 radical (unpaired) electrons. The van der Waals surface area contributed by atoms with Crippen molar-refractivity contribution in [3.8, 4) is 23.0 Å². The number of benzene rings is 4. The van der Waals surface area contributed by atoms with Gasteiger partial charge in [0.15, 0.2) is 11.5 Å². The third-order valence-electron chi connectivity index (χ3n) is 3.70. The molecular formula is C24H21O6P2+. The summed E-state index contributed by atoms with van der Waals surface area (Å²) in [4.78, 5) is 9.58. The smallest absolute Gasteiger partial charge is 0.418 e. The Balaban J connectivity index is 0.000000181. The molecule has 8 heteroatoms. The van der Waals surface area contributed by atoms with Gasteiger partial charge < -0.3 is 13.9 Å². The Labute approximate surface area is 188 Å². The molecule has 4 aromatic carbocycles. The van der Waals surface area contributed by atoms with Crippen molar-refractivity contribution in [2.45, 2.75) is 0 Å². The average Bonchev–Trinajstić information content (AvgIpc) is 2.82. The molecule has 0 aliphatic rings. The molecule has 0 amide bonds. The molecule has 4 rings (SSSR count). The molecule has 0 unspecified atom stereocenters. The maximum absolute atomic E-state index is 11.5. The maximum Gasteiger partial charge on any atom is 0.805 e. The molecule has 32 heavy (non-hydrogen) atoms. The number of hydrogen-bond acceptors (Lipinski definition) is 6. The Bertz CT molecular complexity index is 966. The van der Waals surface area contributed by atoms with Crippen molar-refractivity contribution in [2.24, 2.45) is 0 Å². The Morgan fingerprint density at radius 1 is 0.500 bits per heavy atom. The van der Waals surface area contributed by atoms with Crippen LogP contribution in [0.2, 0.25) is 0 Å². The van der Waals surface area contributed by atoms with Gasteiger partial charge >= 0.3 is 16.9 Å². The van der Waals surface area contributed by atoms with Crippen LogP contribution in [0.15, 0.2) is 121 Å². The van der Waals surface area contributed by atoms with E-state index in [1.807, 2.05) is 48.5 Å². The highest BCUT2D eigenvalue weighted by Gasteiger charge is 2.23. The van der Waals surface area contributed by atoms with Gasteiger partial charge in [-0.1, -0.05) is 72.8 Å². The van der Waals surface area contributed by atoms with Crippen molar-refractivity contribution in [2.75, 3.05) is 0 Å². The Hall–Kier alpha value is -3.43. The second-order valence-electron chi connectivity index (χ2n) is 6.08. The van der Waals surface area contributed by atoms with Gasteiger partial charge in [-0.2, -0.15) is 0 Å². The molecule has 0 fully saturated rings. The maximum atomic E-state index is 11.5. The predicted molar refractivity (Wildman–Crippen MR) is 125 cm³/mol. The van der Waals surface area contributed by atoms with Gasteiger partial charge in [0.05, 0.1) is 0 Å². The summed E-state index contributed by atoms with van der Waals surface area (Å²) in [5, 5.41) is 0. The van der Waals surface area contributed by atoms with Crippen molar-refractivity contribution in [1.29, 1.82) is 0 Å². The van der Waals surface area contributed by atoms with E-state index in [2.05, 4.69) is 0 Å². The minimum absolute atomic E-state index is 0.527. The first-order valence-corrected chi connectivity index (χ1v) is 11.8. The lowest BCUT2D eigenvalue weighted by Gasteiger charge is -2.11. The lowest BCUT2D eigenvalue weighted by atomic mass is 10.3. The molecule has 0 aromatic heterocycles. The minimum atomic E-state index is -2.18. The van der Waals surface area contributed by atoms with E-state index < -0.39 is 16.9 Å². The zero-order valence-corrected chi connectivity index (χ0v) is 18.7. The first-order chi connectivity index (χ1) is 15.7. The van der Waals surface area contributed by atoms with E-state index >= 15 is 0 Å². The van der Waals surface area contributed by atoms with Crippen molar-refractivity contribution < 1.29 is 27.6 Å². The van der Waals surface area contributed by atoms with Crippen molar-refractivity contribution in [1.82, 2.24) is 0 Å². The van der Waals surface area contributed by atoms with E-state index in [1.165, 1.54) is 0 Å². The standard InChI is InChI=1S/C12H11O3P.C12H10O3P/c2*13-16(14-11-7-3-1-4-8-11)15-12-9-5-2-6-10-12/h1-10,13H;1-10H/q;+1. The topological polar surface area (TPSA) is 74.2 Å². The van der Waals surface area contributed by atoms with Gasteiger partial charge in [0, 0.05) is 4.57 Å². The minimum Gasteiger partial charge on any atom is -0.418 e. The van der Waals surface area contributed by atoms with Gasteiger partial charge in [-0.25, -0.2) is 9.05 Å². The summed E-state index contributed by atoms with van der Waals surface area (Å²) < 4.78 is 32.1. The monoisotopic (exact) mass is 467 g/mol. The summed E-state index contributed by atoms with van der Waals surface area (Å²) in [6.07, 6.45) is 0. The van der Waals surface area contributed by atoms with E-state index in [9.17, 15) is 9.46 Å². The van der Waals surface area contributed by atoms with E-state index in [0.29, 0.717) is 23.0 Å². The summed E-state index contributed by atoms with van der Waals surface area (Å²) >= 11 is 0. The molecule has 0 saturated heterocycles. The first kappa shape index (κ1) is 23.2. The summed E-state index contributed by atoms with van der Waals surface area (Å²) in [6.45, 7) is 0. The second kappa shape index (κ2) is 13.1. The van der Waals surface area contributed by atoms with Crippen LogP contribution < -0.4 is 18.1 Å². The highest BCUT2D eigenvalue weighted by molar-refractivity contribution is 7.41. The molecule has 162 valence electrons. The van der Waals surface area contributed by atoms with Gasteiger partial charge in [-0.15, -0.1) is 0 Å². The second-order valence-corrected chi connectivity index (χ2v) is 7.73. The van der Waals surface area contributed by atoms with Crippen LogP contribution in [-0.4, -0.2) is 4.89 Å². The van der Waals surface area contributed by atoms with Crippen LogP contribution in [0.3, 0.4) is 0 Å². The van der Waals surface area contributed by atoms with Crippen LogP contribution >= 0.6 is 16.9 Å². The lowest BCUT2D eigenvalue weighted by molar-refractivity contribution is 0.382. The van der Waals surface area contributed by atoms with Crippen LogP contribution in [0, 0.1) is 0 Å². The van der Waals surface area contributed by atoms with Crippen molar-refractivity contribution in [3.05, 3.63) is 121 Å². The molecule has 0 atom stereocenters.